The Bertz CT molecular complexity index is 812. The first-order valence-electron chi connectivity index (χ1n) is 9.68. The van der Waals surface area contributed by atoms with Gasteiger partial charge in [0.05, 0.1) is 14.2 Å². The van der Waals surface area contributed by atoms with Crippen LogP contribution in [0, 0.1) is 0 Å². The van der Waals surface area contributed by atoms with Crippen molar-refractivity contribution < 1.29 is 14.2 Å². The molecule has 0 fully saturated rings. The molecule has 0 saturated carbocycles. The van der Waals surface area contributed by atoms with Crippen LogP contribution in [0.15, 0.2) is 60.1 Å². The standard InChI is InChI=1S/C23H31N3O3.HI/c1-5-15-29-20-11-7-6-10-19(20)17-26-23(24-2)25-14-8-9-18-12-13-21(27-3)22(16-18)28-4;/h5-7,10-13,16H,1,8-9,14-15,17H2,2-4H3,(H2,24,25,26);1H. The summed E-state index contributed by atoms with van der Waals surface area (Å²) in [5.74, 6) is 3.11. The van der Waals surface area contributed by atoms with Gasteiger partial charge in [0.25, 0.3) is 0 Å². The molecule has 0 aliphatic rings. The van der Waals surface area contributed by atoms with E-state index in [0.29, 0.717) is 13.2 Å². The van der Waals surface area contributed by atoms with Crippen LogP contribution in [0.1, 0.15) is 17.5 Å². The monoisotopic (exact) mass is 525 g/mol. The highest BCUT2D eigenvalue weighted by Crippen LogP contribution is 2.27. The summed E-state index contributed by atoms with van der Waals surface area (Å²) in [5.41, 5.74) is 2.28. The van der Waals surface area contributed by atoms with E-state index in [1.165, 1.54) is 5.56 Å². The fraction of sp³-hybridized carbons (Fsp3) is 0.348. The van der Waals surface area contributed by atoms with Gasteiger partial charge >= 0.3 is 0 Å². The Labute approximate surface area is 196 Å². The van der Waals surface area contributed by atoms with Crippen molar-refractivity contribution in [2.75, 3.05) is 34.4 Å². The summed E-state index contributed by atoms with van der Waals surface area (Å²) < 4.78 is 16.3. The van der Waals surface area contributed by atoms with Gasteiger partial charge in [0.1, 0.15) is 12.4 Å². The third-order valence-electron chi connectivity index (χ3n) is 4.38. The lowest BCUT2D eigenvalue weighted by molar-refractivity contribution is 0.354. The zero-order valence-electron chi connectivity index (χ0n) is 17.9. The van der Waals surface area contributed by atoms with Gasteiger partial charge in [0, 0.05) is 25.7 Å². The van der Waals surface area contributed by atoms with E-state index in [1.807, 2.05) is 36.4 Å². The number of ether oxygens (including phenoxy) is 3. The number of methoxy groups -OCH3 is 2. The maximum Gasteiger partial charge on any atom is 0.191 e. The van der Waals surface area contributed by atoms with Crippen LogP contribution >= 0.6 is 24.0 Å². The van der Waals surface area contributed by atoms with Crippen LogP contribution in [-0.2, 0) is 13.0 Å². The van der Waals surface area contributed by atoms with E-state index in [9.17, 15) is 0 Å². The third kappa shape index (κ3) is 8.14. The molecule has 0 aromatic heterocycles. The summed E-state index contributed by atoms with van der Waals surface area (Å²) in [6, 6.07) is 14.0. The fourth-order valence-electron chi connectivity index (χ4n) is 2.87. The van der Waals surface area contributed by atoms with Gasteiger partial charge in [-0.25, -0.2) is 0 Å². The van der Waals surface area contributed by atoms with Crippen molar-refractivity contribution in [1.82, 2.24) is 10.6 Å². The average molecular weight is 525 g/mol. The molecule has 30 heavy (non-hydrogen) atoms. The number of halogens is 1. The van der Waals surface area contributed by atoms with Gasteiger partial charge in [0.2, 0.25) is 0 Å². The number of guanidine groups is 1. The van der Waals surface area contributed by atoms with E-state index in [1.54, 1.807) is 27.3 Å². The molecular formula is C23H32IN3O3. The van der Waals surface area contributed by atoms with Gasteiger partial charge in [0.15, 0.2) is 17.5 Å². The summed E-state index contributed by atoms with van der Waals surface area (Å²) in [4.78, 5) is 4.29. The van der Waals surface area contributed by atoms with Crippen molar-refractivity contribution in [3.8, 4) is 17.2 Å². The van der Waals surface area contributed by atoms with Crippen molar-refractivity contribution in [1.29, 1.82) is 0 Å². The molecule has 0 bridgehead atoms. The van der Waals surface area contributed by atoms with Crippen molar-refractivity contribution in [3.05, 3.63) is 66.2 Å². The summed E-state index contributed by atoms with van der Waals surface area (Å²) in [5, 5.41) is 6.68. The Hall–Kier alpha value is -2.42. The largest absolute Gasteiger partial charge is 0.493 e. The molecule has 6 nitrogen and oxygen atoms in total. The Morgan fingerprint density at radius 3 is 2.50 bits per heavy atom. The zero-order chi connectivity index (χ0) is 20.9. The van der Waals surface area contributed by atoms with Gasteiger partial charge in [-0.2, -0.15) is 0 Å². The Morgan fingerprint density at radius 2 is 1.80 bits per heavy atom. The van der Waals surface area contributed by atoms with Crippen molar-refractivity contribution >= 4 is 29.9 Å². The van der Waals surface area contributed by atoms with Crippen LogP contribution in [0.5, 0.6) is 17.2 Å². The highest BCUT2D eigenvalue weighted by Gasteiger charge is 2.06. The Morgan fingerprint density at radius 1 is 1.03 bits per heavy atom. The summed E-state index contributed by atoms with van der Waals surface area (Å²) in [6.07, 6.45) is 3.64. The van der Waals surface area contributed by atoms with Gasteiger partial charge in [-0.1, -0.05) is 36.9 Å². The maximum atomic E-state index is 5.70. The first kappa shape index (κ1) is 25.6. The van der Waals surface area contributed by atoms with Crippen LogP contribution in [-0.4, -0.2) is 40.4 Å². The molecule has 0 amide bonds. The number of para-hydroxylation sites is 1. The Kier molecular flexibility index (Phi) is 12.4. The number of rotatable bonds is 11. The molecule has 0 aliphatic heterocycles. The first-order chi connectivity index (χ1) is 14.2. The lowest BCUT2D eigenvalue weighted by Crippen LogP contribution is -2.37. The van der Waals surface area contributed by atoms with E-state index < -0.39 is 0 Å². The molecule has 0 radical (unpaired) electrons. The molecule has 0 saturated heterocycles. The SMILES string of the molecule is C=CCOc1ccccc1CNC(=NC)NCCCc1ccc(OC)c(OC)c1.I. The summed E-state index contributed by atoms with van der Waals surface area (Å²) in [6.45, 7) is 5.61. The highest BCUT2D eigenvalue weighted by molar-refractivity contribution is 14.0. The van der Waals surface area contributed by atoms with Crippen molar-refractivity contribution in [2.24, 2.45) is 4.99 Å². The second-order valence-electron chi connectivity index (χ2n) is 6.35. The van der Waals surface area contributed by atoms with Crippen LogP contribution in [0.2, 0.25) is 0 Å². The molecule has 164 valence electrons. The predicted molar refractivity (Wildman–Crippen MR) is 134 cm³/mol. The van der Waals surface area contributed by atoms with Gasteiger partial charge in [-0.3, -0.25) is 4.99 Å². The van der Waals surface area contributed by atoms with Gasteiger partial charge < -0.3 is 24.8 Å². The molecule has 2 aromatic carbocycles. The van der Waals surface area contributed by atoms with Crippen LogP contribution in [0.4, 0.5) is 0 Å². The van der Waals surface area contributed by atoms with E-state index in [0.717, 1.165) is 48.2 Å². The van der Waals surface area contributed by atoms with Crippen LogP contribution in [0.25, 0.3) is 0 Å². The lowest BCUT2D eigenvalue weighted by Gasteiger charge is -2.14. The Balaban J connectivity index is 0.00000450. The number of nitrogens with zero attached hydrogens (tertiary/aromatic N) is 1. The smallest absolute Gasteiger partial charge is 0.191 e. The number of hydrogen-bond acceptors (Lipinski definition) is 4. The highest BCUT2D eigenvalue weighted by atomic mass is 127. The minimum Gasteiger partial charge on any atom is -0.493 e. The molecule has 0 unspecified atom stereocenters. The molecule has 0 aliphatic carbocycles. The van der Waals surface area contributed by atoms with E-state index in [-0.39, 0.29) is 24.0 Å². The molecule has 0 spiro atoms. The molecule has 0 heterocycles. The zero-order valence-corrected chi connectivity index (χ0v) is 20.3. The molecule has 2 rings (SSSR count). The molecule has 2 N–H and O–H groups in total. The fourth-order valence-corrected chi connectivity index (χ4v) is 2.87. The molecule has 0 atom stereocenters. The topological polar surface area (TPSA) is 64.1 Å². The van der Waals surface area contributed by atoms with Crippen LogP contribution < -0.4 is 24.8 Å². The number of nitrogens with one attached hydrogen (secondary N) is 2. The van der Waals surface area contributed by atoms with Crippen LogP contribution in [0.3, 0.4) is 0 Å². The summed E-state index contributed by atoms with van der Waals surface area (Å²) in [7, 11) is 5.06. The average Bonchev–Trinajstić information content (AvgIpc) is 2.77. The van der Waals surface area contributed by atoms with Crippen molar-refractivity contribution in [2.45, 2.75) is 19.4 Å². The maximum absolute atomic E-state index is 5.70. The molecule has 7 heteroatoms. The number of aryl methyl sites for hydroxylation is 1. The van der Waals surface area contributed by atoms with E-state index >= 15 is 0 Å². The minimum absolute atomic E-state index is 0. The lowest BCUT2D eigenvalue weighted by atomic mass is 10.1. The van der Waals surface area contributed by atoms with E-state index in [4.69, 9.17) is 14.2 Å². The van der Waals surface area contributed by atoms with Gasteiger partial charge in [-0.05, 0) is 36.6 Å². The second kappa shape index (κ2) is 14.5. The number of aliphatic imine (C=N–C) groups is 1. The van der Waals surface area contributed by atoms with E-state index in [2.05, 4.69) is 28.3 Å². The number of hydrogen-bond donors (Lipinski definition) is 2. The minimum atomic E-state index is 0. The normalized spacial score (nSPS) is 10.6. The first-order valence-corrected chi connectivity index (χ1v) is 9.68. The molecule has 2 aromatic rings. The second-order valence-corrected chi connectivity index (χ2v) is 6.35. The van der Waals surface area contributed by atoms with Crippen molar-refractivity contribution in [3.63, 3.8) is 0 Å². The molecular weight excluding hydrogens is 493 g/mol. The number of benzene rings is 2. The third-order valence-corrected chi connectivity index (χ3v) is 4.38. The summed E-state index contributed by atoms with van der Waals surface area (Å²) >= 11 is 0. The quantitative estimate of drug-likeness (QED) is 0.152. The predicted octanol–water partition coefficient (Wildman–Crippen LogP) is 4.18. The van der Waals surface area contributed by atoms with Gasteiger partial charge in [-0.15, -0.1) is 24.0 Å².